The number of rotatable bonds is 26. The van der Waals surface area contributed by atoms with Crippen molar-refractivity contribution in [3.8, 4) is 34.5 Å². The average Bonchev–Trinajstić information content (AvgIpc) is 3.17. The predicted octanol–water partition coefficient (Wildman–Crippen LogP) is 11.7. The fourth-order valence-electron chi connectivity index (χ4n) is 6.65. The maximum atomic E-state index is 11.7. The van der Waals surface area contributed by atoms with Gasteiger partial charge in [-0.05, 0) is 79.3 Å². The van der Waals surface area contributed by atoms with Gasteiger partial charge in [-0.25, -0.2) is 8.42 Å². The molecule has 59 heavy (non-hydrogen) atoms. The Hall–Kier alpha value is -2.84. The van der Waals surface area contributed by atoms with E-state index in [-0.39, 0.29) is 49.2 Å². The second-order valence-electron chi connectivity index (χ2n) is 14.8. The zero-order valence-corrected chi connectivity index (χ0v) is 38.8. The molecule has 13 heteroatoms. The van der Waals surface area contributed by atoms with Crippen molar-refractivity contribution in [3.05, 3.63) is 96.1 Å². The number of phenolic OH excluding ortho intramolecular Hbond substituents is 1. The zero-order chi connectivity index (χ0) is 42.2. The molecule has 0 spiro atoms. The first-order chi connectivity index (χ1) is 27.8. The molecule has 0 aromatic heterocycles. The van der Waals surface area contributed by atoms with Crippen LogP contribution in [0, 0.1) is 0 Å². The second kappa shape index (κ2) is 28.6. The number of hydrogen-bond donors (Lipinski definition) is 2. The minimum absolute atomic E-state index is 0. The molecule has 0 aliphatic carbocycles. The van der Waals surface area contributed by atoms with Crippen LogP contribution in [0.25, 0.3) is 0 Å². The summed E-state index contributed by atoms with van der Waals surface area (Å²) in [6.07, 6.45) is 25.2. The predicted molar refractivity (Wildman–Crippen MR) is 232 cm³/mol. The van der Waals surface area contributed by atoms with E-state index in [4.69, 9.17) is 9.47 Å². The van der Waals surface area contributed by atoms with E-state index in [0.29, 0.717) is 11.5 Å². The molecule has 4 aromatic rings. The van der Waals surface area contributed by atoms with Crippen molar-refractivity contribution in [2.24, 2.45) is 0 Å². The summed E-state index contributed by atoms with van der Waals surface area (Å²) in [5, 5.41) is 21.5. The maximum Gasteiger partial charge on any atom is 2.00 e. The van der Waals surface area contributed by atoms with Crippen molar-refractivity contribution in [1.82, 2.24) is 0 Å². The van der Waals surface area contributed by atoms with Crippen LogP contribution >= 0.6 is 0 Å². The summed E-state index contributed by atoms with van der Waals surface area (Å²) in [5.74, 6) is -0.933. The minimum Gasteiger partial charge on any atom is -0.872 e. The fraction of sp³-hybridized carbons (Fsp3) is 0.478. The third-order valence-corrected chi connectivity index (χ3v) is 11.7. The summed E-state index contributed by atoms with van der Waals surface area (Å²) in [5.41, 5.74) is 2.38. The second-order valence-corrected chi connectivity index (χ2v) is 17.4. The number of unbranched alkanes of at least 4 members (excludes halogenated alkanes) is 16. The van der Waals surface area contributed by atoms with E-state index in [2.05, 4.69) is 13.8 Å². The van der Waals surface area contributed by atoms with Gasteiger partial charge in [-0.3, -0.25) is 4.55 Å². The molecule has 4 rings (SSSR count). The molecule has 0 saturated heterocycles. The van der Waals surface area contributed by atoms with Gasteiger partial charge in [0, 0.05) is 0 Å². The molecule has 0 aliphatic rings. The maximum absolute atomic E-state index is 11.7. The van der Waals surface area contributed by atoms with Gasteiger partial charge >= 0.3 is 47.9 Å². The van der Waals surface area contributed by atoms with Crippen LogP contribution in [0.4, 0.5) is 0 Å². The van der Waals surface area contributed by atoms with Crippen LogP contribution in [0.1, 0.15) is 141 Å². The minimum atomic E-state index is -4.91. The number of ether oxygens (including phenoxy) is 2. The van der Waals surface area contributed by atoms with Crippen molar-refractivity contribution in [2.75, 3.05) is 0 Å². The number of benzene rings is 4. The average molecular weight is 879 g/mol. The zero-order valence-electron chi connectivity index (χ0n) is 34.9. The largest absolute Gasteiger partial charge is 2.00 e. The molecule has 0 radical (unpaired) electrons. The Kier molecular flexibility index (Phi) is 25.4. The number of aromatic hydroxyl groups is 1. The first kappa shape index (κ1) is 52.3. The summed E-state index contributed by atoms with van der Waals surface area (Å²) >= 11 is 0. The van der Waals surface area contributed by atoms with Crippen molar-refractivity contribution >= 4 is 58.0 Å². The number of aryl methyl sites for hydroxylation is 2. The molecule has 0 atom stereocenters. The van der Waals surface area contributed by atoms with Gasteiger partial charge < -0.3 is 24.2 Å². The SMILES string of the molecule is CCCCCCCCCCCc1ccc(Oc2cccc(O)c2S(=O)(=O)O)cc1.CCCCCCCCCCCc1ccc(Oc2cccc([O-])c2S(=O)(=O)[O-])cc1.[Ca+2]. The van der Waals surface area contributed by atoms with Gasteiger partial charge in [0.05, 0.1) is 4.90 Å². The Morgan fingerprint density at radius 2 is 0.864 bits per heavy atom. The van der Waals surface area contributed by atoms with Crippen molar-refractivity contribution in [3.63, 3.8) is 0 Å². The van der Waals surface area contributed by atoms with Crippen LogP contribution in [0.15, 0.2) is 94.7 Å². The Labute approximate surface area is 383 Å². The molecule has 0 amide bonds. The van der Waals surface area contributed by atoms with E-state index in [0.717, 1.165) is 31.7 Å². The van der Waals surface area contributed by atoms with Gasteiger partial charge in [0.25, 0.3) is 0 Å². The molecule has 4 aromatic carbocycles. The molecule has 10 nitrogen and oxygen atoms in total. The normalized spacial score (nSPS) is 11.3. The Morgan fingerprint density at radius 3 is 1.24 bits per heavy atom. The summed E-state index contributed by atoms with van der Waals surface area (Å²) in [6, 6.07) is 22.5. The molecule has 0 saturated carbocycles. The van der Waals surface area contributed by atoms with Gasteiger partial charge in [-0.15, -0.1) is 0 Å². The summed E-state index contributed by atoms with van der Waals surface area (Å²) in [4.78, 5) is -1.47. The van der Waals surface area contributed by atoms with Gasteiger partial charge in [0.2, 0.25) is 0 Å². The van der Waals surface area contributed by atoms with Crippen LogP contribution < -0.4 is 14.6 Å². The van der Waals surface area contributed by atoms with Crippen LogP contribution in [0.3, 0.4) is 0 Å². The van der Waals surface area contributed by atoms with Crippen LogP contribution in [0.5, 0.6) is 34.5 Å². The summed E-state index contributed by atoms with van der Waals surface area (Å²) < 4.78 is 77.4. The Bertz CT molecular complexity index is 1840. The molecule has 320 valence electrons. The van der Waals surface area contributed by atoms with Crippen molar-refractivity contribution in [2.45, 2.75) is 152 Å². The van der Waals surface area contributed by atoms with Gasteiger partial charge in [-0.1, -0.05) is 165 Å². The van der Waals surface area contributed by atoms with Gasteiger partial charge in [0.1, 0.15) is 33.1 Å². The van der Waals surface area contributed by atoms with E-state index < -0.39 is 41.5 Å². The van der Waals surface area contributed by atoms with Gasteiger partial charge in [0.15, 0.2) is 10.6 Å². The number of hydrogen-bond acceptors (Lipinski definition) is 9. The molecule has 0 fully saturated rings. The molecule has 0 heterocycles. The van der Waals surface area contributed by atoms with Crippen LogP contribution in [-0.4, -0.2) is 68.8 Å². The standard InChI is InChI=1S/2C23H32O5S.Ca/c2*1-2-3-4-5-6-7-8-9-10-12-19-15-17-20(18-16-19)28-22-14-11-13-21(24)23(22)29(25,26)27;/h2*11,13-18,24H,2-10,12H2,1H3,(H,25,26,27);/q;;+2/p-2. The monoisotopic (exact) mass is 878 g/mol. The van der Waals surface area contributed by atoms with E-state index >= 15 is 0 Å². The quantitative estimate of drug-likeness (QED) is 0.0351. The molecule has 0 unspecified atom stereocenters. The smallest absolute Gasteiger partial charge is 0.872 e. The van der Waals surface area contributed by atoms with Gasteiger partial charge in [-0.2, -0.15) is 8.42 Å². The molecule has 0 bridgehead atoms. The number of phenols is 1. The first-order valence-corrected chi connectivity index (χ1v) is 23.8. The van der Waals surface area contributed by atoms with Crippen molar-refractivity contribution < 1.29 is 45.6 Å². The molecule has 2 N–H and O–H groups in total. The van der Waals surface area contributed by atoms with E-state index in [1.165, 1.54) is 144 Å². The van der Waals surface area contributed by atoms with Crippen molar-refractivity contribution in [1.29, 1.82) is 0 Å². The van der Waals surface area contributed by atoms with E-state index in [1.807, 2.05) is 24.3 Å². The summed E-state index contributed by atoms with van der Waals surface area (Å²) in [7, 11) is -9.50. The van der Waals surface area contributed by atoms with E-state index in [9.17, 15) is 36.2 Å². The van der Waals surface area contributed by atoms with E-state index in [1.54, 1.807) is 24.3 Å². The molecule has 0 aliphatic heterocycles. The first-order valence-electron chi connectivity index (χ1n) is 20.9. The topological polar surface area (TPSA) is 173 Å². The third kappa shape index (κ3) is 20.5. The Morgan fingerprint density at radius 1 is 0.508 bits per heavy atom. The van der Waals surface area contributed by atoms with Crippen LogP contribution in [0.2, 0.25) is 0 Å². The third-order valence-electron chi connectivity index (χ3n) is 9.85. The van der Waals surface area contributed by atoms with Crippen LogP contribution in [-0.2, 0) is 33.1 Å². The fourth-order valence-corrected chi connectivity index (χ4v) is 8.02. The Balaban J connectivity index is 0.000000400. The molecular weight excluding hydrogens is 817 g/mol. The summed E-state index contributed by atoms with van der Waals surface area (Å²) in [6.45, 7) is 4.47. The molecular formula is C46H62CaO10S2.